The van der Waals surface area contributed by atoms with E-state index in [2.05, 4.69) is 20.8 Å². The Balaban J connectivity index is 1.26. The standard InChI is InChI=1S/C22H28N6O4/c29-18-4-1-3-15(24-18)10-19(30)23-12-16-11-22(6-2-7-22)13-28(16)20(31)14-5-8-27-17(9-14)25-26-21(27)32/h5,8-9,15-16H,1-4,6-7,10-13H2,(H,23,30)(H,24,29)(H,26,32). The van der Waals surface area contributed by atoms with Crippen LogP contribution in [0.25, 0.3) is 5.65 Å². The highest BCUT2D eigenvalue weighted by molar-refractivity contribution is 5.95. The Morgan fingerprint density at radius 3 is 2.84 bits per heavy atom. The normalized spacial score (nSPS) is 24.4. The molecule has 3 N–H and O–H groups in total. The van der Waals surface area contributed by atoms with Crippen LogP contribution in [-0.2, 0) is 9.59 Å². The fourth-order valence-electron chi connectivity index (χ4n) is 5.39. The van der Waals surface area contributed by atoms with Crippen LogP contribution in [0.2, 0.25) is 0 Å². The number of carbonyl (C=O) groups excluding carboxylic acids is 3. The maximum Gasteiger partial charge on any atom is 0.347 e. The van der Waals surface area contributed by atoms with Crippen LogP contribution in [0.1, 0.15) is 61.7 Å². The number of hydrogen-bond donors (Lipinski definition) is 3. The maximum absolute atomic E-state index is 13.4. The van der Waals surface area contributed by atoms with Crippen molar-refractivity contribution in [3.63, 3.8) is 0 Å². The lowest BCUT2D eigenvalue weighted by Crippen LogP contribution is -2.46. The minimum atomic E-state index is -0.344. The van der Waals surface area contributed by atoms with E-state index in [1.165, 1.54) is 10.8 Å². The van der Waals surface area contributed by atoms with Crippen molar-refractivity contribution in [3.8, 4) is 0 Å². The van der Waals surface area contributed by atoms with Gasteiger partial charge in [0, 0.05) is 49.8 Å². The van der Waals surface area contributed by atoms with Gasteiger partial charge in [-0.3, -0.25) is 18.8 Å². The molecular weight excluding hydrogens is 412 g/mol. The molecule has 3 fully saturated rings. The van der Waals surface area contributed by atoms with E-state index in [1.54, 1.807) is 18.3 Å². The quantitative estimate of drug-likeness (QED) is 0.627. The van der Waals surface area contributed by atoms with Gasteiger partial charge < -0.3 is 15.5 Å². The van der Waals surface area contributed by atoms with Crippen LogP contribution in [0.15, 0.2) is 23.1 Å². The number of pyridine rings is 1. The monoisotopic (exact) mass is 440 g/mol. The number of aromatic nitrogens is 3. The summed E-state index contributed by atoms with van der Waals surface area (Å²) in [5, 5.41) is 12.2. The van der Waals surface area contributed by atoms with E-state index in [-0.39, 0.29) is 47.3 Å². The zero-order valence-corrected chi connectivity index (χ0v) is 17.9. The molecule has 2 aliphatic heterocycles. The average molecular weight is 441 g/mol. The van der Waals surface area contributed by atoms with Gasteiger partial charge >= 0.3 is 5.69 Å². The molecule has 4 heterocycles. The van der Waals surface area contributed by atoms with Crippen LogP contribution < -0.4 is 16.3 Å². The largest absolute Gasteiger partial charge is 0.354 e. The molecule has 1 aliphatic carbocycles. The van der Waals surface area contributed by atoms with Crippen molar-refractivity contribution < 1.29 is 14.4 Å². The molecule has 3 aliphatic rings. The third-order valence-corrected chi connectivity index (χ3v) is 7.24. The molecule has 5 rings (SSSR count). The first-order valence-electron chi connectivity index (χ1n) is 11.4. The minimum absolute atomic E-state index is 0.00434. The van der Waals surface area contributed by atoms with Gasteiger partial charge in [0.25, 0.3) is 5.91 Å². The molecule has 10 heteroatoms. The molecule has 3 amide bonds. The van der Waals surface area contributed by atoms with Crippen molar-refractivity contribution in [2.75, 3.05) is 13.1 Å². The Labute approximate surface area is 184 Å². The fraction of sp³-hybridized carbons (Fsp3) is 0.591. The number of rotatable bonds is 5. The van der Waals surface area contributed by atoms with Crippen molar-refractivity contribution in [1.29, 1.82) is 0 Å². The topological polar surface area (TPSA) is 129 Å². The molecule has 0 aromatic carbocycles. The van der Waals surface area contributed by atoms with E-state index < -0.39 is 0 Å². The summed E-state index contributed by atoms with van der Waals surface area (Å²) in [5.41, 5.74) is 0.686. The molecule has 2 atom stereocenters. The molecule has 2 unspecified atom stereocenters. The summed E-state index contributed by atoms with van der Waals surface area (Å²) < 4.78 is 1.36. The number of aromatic amines is 1. The highest BCUT2D eigenvalue weighted by Crippen LogP contribution is 2.50. The number of nitrogens with zero attached hydrogens (tertiary/aromatic N) is 3. The van der Waals surface area contributed by atoms with Crippen molar-refractivity contribution in [2.45, 2.75) is 63.5 Å². The van der Waals surface area contributed by atoms with Gasteiger partial charge in [0.15, 0.2) is 5.65 Å². The first kappa shape index (κ1) is 20.7. The summed E-state index contributed by atoms with van der Waals surface area (Å²) in [6.07, 6.45) is 8.22. The molecule has 2 aromatic heterocycles. The summed E-state index contributed by atoms with van der Waals surface area (Å²) in [6, 6.07) is 3.07. The van der Waals surface area contributed by atoms with E-state index >= 15 is 0 Å². The van der Waals surface area contributed by atoms with Gasteiger partial charge in [-0.15, -0.1) is 0 Å². The zero-order valence-electron chi connectivity index (χ0n) is 17.9. The lowest BCUT2D eigenvalue weighted by atomic mass is 9.67. The Morgan fingerprint density at radius 2 is 2.09 bits per heavy atom. The smallest absolute Gasteiger partial charge is 0.347 e. The summed E-state index contributed by atoms with van der Waals surface area (Å²) in [4.78, 5) is 51.0. The number of nitrogens with one attached hydrogen (secondary N) is 3. The van der Waals surface area contributed by atoms with E-state index in [4.69, 9.17) is 0 Å². The molecule has 0 radical (unpaired) electrons. The minimum Gasteiger partial charge on any atom is -0.354 e. The van der Waals surface area contributed by atoms with Crippen molar-refractivity contribution >= 4 is 23.4 Å². The molecule has 10 nitrogen and oxygen atoms in total. The van der Waals surface area contributed by atoms with E-state index in [0.29, 0.717) is 30.7 Å². The van der Waals surface area contributed by atoms with Gasteiger partial charge in [0.1, 0.15) is 0 Å². The lowest BCUT2D eigenvalue weighted by molar-refractivity contribution is -0.125. The van der Waals surface area contributed by atoms with Gasteiger partial charge in [0.2, 0.25) is 11.8 Å². The van der Waals surface area contributed by atoms with Crippen LogP contribution in [0, 0.1) is 5.41 Å². The van der Waals surface area contributed by atoms with Crippen molar-refractivity contribution in [2.24, 2.45) is 5.41 Å². The Bertz CT molecular complexity index is 1120. The second kappa shape index (κ2) is 8.07. The fourth-order valence-corrected chi connectivity index (χ4v) is 5.39. The number of likely N-dealkylation sites (tertiary alicyclic amines) is 1. The summed E-state index contributed by atoms with van der Waals surface area (Å²) in [7, 11) is 0. The Kier molecular flexibility index (Phi) is 5.22. The molecule has 2 aromatic rings. The molecule has 0 bridgehead atoms. The molecule has 170 valence electrons. The first-order chi connectivity index (χ1) is 15.4. The molecular formula is C22H28N6O4. The zero-order chi connectivity index (χ0) is 22.3. The molecule has 1 spiro atoms. The Morgan fingerprint density at radius 1 is 1.25 bits per heavy atom. The number of H-pyrrole nitrogens is 1. The second-order valence-electron chi connectivity index (χ2n) is 9.48. The third kappa shape index (κ3) is 3.89. The number of fused-ring (bicyclic) bond motifs is 1. The van der Waals surface area contributed by atoms with E-state index in [9.17, 15) is 19.2 Å². The van der Waals surface area contributed by atoms with Crippen LogP contribution >= 0.6 is 0 Å². The number of amides is 3. The van der Waals surface area contributed by atoms with Gasteiger partial charge in [0.05, 0.1) is 0 Å². The van der Waals surface area contributed by atoms with Crippen molar-refractivity contribution in [1.82, 2.24) is 30.1 Å². The SMILES string of the molecule is O=C(CC1CCCC(=O)N1)NCC1CC2(CCC2)CN1C(=O)c1ccn2c(=O)[nH]nc2c1. The molecule has 2 saturated heterocycles. The van der Waals surface area contributed by atoms with E-state index in [1.807, 2.05) is 4.90 Å². The number of carbonyl (C=O) groups is 3. The van der Waals surface area contributed by atoms with Gasteiger partial charge in [-0.05, 0) is 49.7 Å². The first-order valence-corrected chi connectivity index (χ1v) is 11.4. The average Bonchev–Trinajstić information content (AvgIpc) is 3.33. The highest BCUT2D eigenvalue weighted by Gasteiger charge is 2.49. The van der Waals surface area contributed by atoms with Crippen LogP contribution in [0.4, 0.5) is 0 Å². The van der Waals surface area contributed by atoms with Crippen molar-refractivity contribution in [3.05, 3.63) is 34.4 Å². The summed E-state index contributed by atoms with van der Waals surface area (Å²) >= 11 is 0. The maximum atomic E-state index is 13.4. The summed E-state index contributed by atoms with van der Waals surface area (Å²) in [5.74, 6) is -0.202. The predicted octanol–water partition coefficient (Wildman–Crippen LogP) is 0.582. The number of hydrogen-bond acceptors (Lipinski definition) is 5. The van der Waals surface area contributed by atoms with Crippen LogP contribution in [-0.4, -0.2) is 62.4 Å². The molecule has 32 heavy (non-hydrogen) atoms. The number of piperidine rings is 1. The summed E-state index contributed by atoms with van der Waals surface area (Å²) in [6.45, 7) is 1.08. The Hall–Kier alpha value is -3.17. The van der Waals surface area contributed by atoms with Gasteiger partial charge in [-0.1, -0.05) is 6.42 Å². The lowest BCUT2D eigenvalue weighted by Gasteiger charge is -2.37. The second-order valence-corrected chi connectivity index (χ2v) is 9.48. The van der Waals surface area contributed by atoms with E-state index in [0.717, 1.165) is 32.1 Å². The van der Waals surface area contributed by atoms with Crippen LogP contribution in [0.5, 0.6) is 0 Å². The highest BCUT2D eigenvalue weighted by atomic mass is 16.2. The molecule has 1 saturated carbocycles. The predicted molar refractivity (Wildman–Crippen MR) is 115 cm³/mol. The van der Waals surface area contributed by atoms with Gasteiger partial charge in [-0.25, -0.2) is 9.89 Å². The third-order valence-electron chi connectivity index (χ3n) is 7.24. The van der Waals surface area contributed by atoms with Gasteiger partial charge in [-0.2, -0.15) is 5.10 Å². The van der Waals surface area contributed by atoms with Crippen LogP contribution in [0.3, 0.4) is 0 Å².